The Morgan fingerprint density at radius 2 is 1.95 bits per heavy atom. The number of hydrogen-bond donors (Lipinski definition) is 1. The van der Waals surface area contributed by atoms with Crippen LogP contribution < -0.4 is 5.32 Å². The van der Waals surface area contributed by atoms with E-state index in [4.69, 9.17) is 11.6 Å². The number of nitrogens with zero attached hydrogens (tertiary/aromatic N) is 1. The number of nitrogens with one attached hydrogen (secondary N) is 1. The molecular formula is C15H13ClN2O3. The lowest BCUT2D eigenvalue weighted by Crippen LogP contribution is -2.12. The van der Waals surface area contributed by atoms with Gasteiger partial charge in [0.25, 0.3) is 5.69 Å². The summed E-state index contributed by atoms with van der Waals surface area (Å²) in [5, 5.41) is 13.9. The van der Waals surface area contributed by atoms with E-state index >= 15 is 0 Å². The van der Waals surface area contributed by atoms with Crippen molar-refractivity contribution in [3.05, 3.63) is 69.2 Å². The Bertz CT molecular complexity index is 673. The van der Waals surface area contributed by atoms with Gasteiger partial charge < -0.3 is 5.32 Å². The van der Waals surface area contributed by atoms with Crippen LogP contribution in [0.1, 0.15) is 12.0 Å². The Morgan fingerprint density at radius 3 is 2.67 bits per heavy atom. The first-order chi connectivity index (χ1) is 10.0. The minimum atomic E-state index is -0.498. The monoisotopic (exact) mass is 304 g/mol. The van der Waals surface area contributed by atoms with Crippen molar-refractivity contribution < 1.29 is 9.72 Å². The molecule has 1 N–H and O–H groups in total. The second kappa shape index (κ2) is 6.85. The highest BCUT2D eigenvalue weighted by molar-refractivity contribution is 6.30. The maximum Gasteiger partial charge on any atom is 0.271 e. The summed E-state index contributed by atoms with van der Waals surface area (Å²) in [6, 6.07) is 13.2. The van der Waals surface area contributed by atoms with Gasteiger partial charge in [-0.05, 0) is 30.2 Å². The van der Waals surface area contributed by atoms with Gasteiger partial charge in [-0.3, -0.25) is 14.9 Å². The number of nitro benzene ring substituents is 1. The zero-order valence-corrected chi connectivity index (χ0v) is 11.8. The van der Waals surface area contributed by atoms with Crippen LogP contribution in [0.5, 0.6) is 0 Å². The molecule has 0 aliphatic heterocycles. The minimum Gasteiger partial charge on any atom is -0.326 e. The van der Waals surface area contributed by atoms with Crippen molar-refractivity contribution in [2.75, 3.05) is 5.32 Å². The third-order valence-electron chi connectivity index (χ3n) is 2.87. The van der Waals surface area contributed by atoms with Gasteiger partial charge in [0, 0.05) is 29.3 Å². The fourth-order valence-corrected chi connectivity index (χ4v) is 2.08. The predicted octanol–water partition coefficient (Wildman–Crippen LogP) is 3.82. The standard InChI is InChI=1S/C15H13ClN2O3/c16-12-4-1-3-11(9-12)7-8-15(19)17-13-5-2-6-14(10-13)18(20)21/h1-6,9-10H,7-8H2,(H,17,19). The molecule has 0 atom stereocenters. The summed E-state index contributed by atoms with van der Waals surface area (Å²) < 4.78 is 0. The summed E-state index contributed by atoms with van der Waals surface area (Å²) in [7, 11) is 0. The molecule has 0 unspecified atom stereocenters. The minimum absolute atomic E-state index is 0.0531. The smallest absolute Gasteiger partial charge is 0.271 e. The number of carbonyl (C=O) groups is 1. The van der Waals surface area contributed by atoms with Crippen LogP contribution in [0.15, 0.2) is 48.5 Å². The number of carbonyl (C=O) groups excluding carboxylic acids is 1. The van der Waals surface area contributed by atoms with E-state index in [1.807, 2.05) is 18.2 Å². The number of aryl methyl sites for hydroxylation is 1. The Balaban J connectivity index is 1.93. The average molecular weight is 305 g/mol. The lowest BCUT2D eigenvalue weighted by Gasteiger charge is -2.05. The van der Waals surface area contributed by atoms with Gasteiger partial charge in [0.05, 0.1) is 4.92 Å². The Kier molecular flexibility index (Phi) is 4.90. The highest BCUT2D eigenvalue weighted by atomic mass is 35.5. The van der Waals surface area contributed by atoms with Crippen LogP contribution in [0.3, 0.4) is 0 Å². The first kappa shape index (κ1) is 15.0. The number of rotatable bonds is 5. The van der Waals surface area contributed by atoms with Crippen LogP contribution in [0, 0.1) is 10.1 Å². The van der Waals surface area contributed by atoms with Crippen molar-refractivity contribution in [3.8, 4) is 0 Å². The number of non-ortho nitro benzene ring substituents is 1. The molecule has 5 nitrogen and oxygen atoms in total. The molecule has 0 aliphatic carbocycles. The van der Waals surface area contributed by atoms with Crippen molar-refractivity contribution in [2.24, 2.45) is 0 Å². The summed E-state index contributed by atoms with van der Waals surface area (Å²) in [5.74, 6) is -0.199. The second-order valence-electron chi connectivity index (χ2n) is 4.49. The molecule has 108 valence electrons. The van der Waals surface area contributed by atoms with Gasteiger partial charge in [0.2, 0.25) is 5.91 Å². The van der Waals surface area contributed by atoms with Gasteiger partial charge in [-0.15, -0.1) is 0 Å². The van der Waals surface area contributed by atoms with Gasteiger partial charge in [-0.2, -0.15) is 0 Å². The lowest BCUT2D eigenvalue weighted by atomic mass is 10.1. The Labute approximate surface area is 126 Å². The number of nitro groups is 1. The molecule has 2 aromatic rings. The normalized spacial score (nSPS) is 10.1. The molecule has 0 saturated carbocycles. The first-order valence-electron chi connectivity index (χ1n) is 6.33. The highest BCUT2D eigenvalue weighted by Crippen LogP contribution is 2.17. The number of benzene rings is 2. The molecule has 0 spiro atoms. The zero-order valence-electron chi connectivity index (χ0n) is 11.1. The molecule has 6 heteroatoms. The van der Waals surface area contributed by atoms with E-state index in [-0.39, 0.29) is 18.0 Å². The van der Waals surface area contributed by atoms with Gasteiger partial charge >= 0.3 is 0 Å². The van der Waals surface area contributed by atoms with Crippen LogP contribution in [0.4, 0.5) is 11.4 Å². The van der Waals surface area contributed by atoms with Crippen LogP contribution in [0.2, 0.25) is 5.02 Å². The largest absolute Gasteiger partial charge is 0.326 e. The van der Waals surface area contributed by atoms with Crippen LogP contribution in [0.25, 0.3) is 0 Å². The molecule has 0 radical (unpaired) electrons. The summed E-state index contributed by atoms with van der Waals surface area (Å²) in [4.78, 5) is 22.0. The molecule has 0 aliphatic rings. The maximum absolute atomic E-state index is 11.8. The third-order valence-corrected chi connectivity index (χ3v) is 3.11. The summed E-state index contributed by atoms with van der Waals surface area (Å²) in [5.41, 5.74) is 1.33. The zero-order chi connectivity index (χ0) is 15.2. The summed E-state index contributed by atoms with van der Waals surface area (Å²) in [6.45, 7) is 0. The number of hydrogen-bond acceptors (Lipinski definition) is 3. The molecule has 0 bridgehead atoms. The van der Waals surface area contributed by atoms with E-state index < -0.39 is 4.92 Å². The van der Waals surface area contributed by atoms with Crippen molar-refractivity contribution in [3.63, 3.8) is 0 Å². The van der Waals surface area contributed by atoms with E-state index in [9.17, 15) is 14.9 Å². The van der Waals surface area contributed by atoms with Gasteiger partial charge in [-0.1, -0.05) is 29.8 Å². The molecular weight excluding hydrogens is 292 g/mol. The van der Waals surface area contributed by atoms with E-state index in [0.717, 1.165) is 5.56 Å². The average Bonchev–Trinajstić information content (AvgIpc) is 2.45. The van der Waals surface area contributed by atoms with Crippen LogP contribution in [-0.2, 0) is 11.2 Å². The Hall–Kier alpha value is -2.40. The molecule has 2 rings (SSSR count). The van der Waals surface area contributed by atoms with Crippen molar-refractivity contribution >= 4 is 28.9 Å². The predicted molar refractivity (Wildman–Crippen MR) is 81.5 cm³/mol. The molecule has 0 saturated heterocycles. The van der Waals surface area contributed by atoms with E-state index in [1.54, 1.807) is 12.1 Å². The SMILES string of the molecule is O=C(CCc1cccc(Cl)c1)Nc1cccc([N+](=O)[O-])c1. The fraction of sp³-hybridized carbons (Fsp3) is 0.133. The van der Waals surface area contributed by atoms with Crippen molar-refractivity contribution in [1.82, 2.24) is 0 Å². The molecule has 21 heavy (non-hydrogen) atoms. The lowest BCUT2D eigenvalue weighted by molar-refractivity contribution is -0.384. The van der Waals surface area contributed by atoms with Crippen LogP contribution >= 0.6 is 11.6 Å². The molecule has 2 aromatic carbocycles. The number of halogens is 1. The Morgan fingerprint density at radius 1 is 1.19 bits per heavy atom. The second-order valence-corrected chi connectivity index (χ2v) is 4.92. The molecule has 0 aromatic heterocycles. The van der Waals surface area contributed by atoms with Crippen molar-refractivity contribution in [1.29, 1.82) is 0 Å². The van der Waals surface area contributed by atoms with E-state index in [2.05, 4.69) is 5.32 Å². The highest BCUT2D eigenvalue weighted by Gasteiger charge is 2.08. The van der Waals surface area contributed by atoms with Gasteiger partial charge in [0.15, 0.2) is 0 Å². The number of anilines is 1. The maximum atomic E-state index is 11.8. The quantitative estimate of drug-likeness (QED) is 0.674. The van der Waals surface area contributed by atoms with Crippen LogP contribution in [-0.4, -0.2) is 10.8 Å². The fourth-order valence-electron chi connectivity index (χ4n) is 1.87. The van der Waals surface area contributed by atoms with E-state index in [0.29, 0.717) is 17.1 Å². The van der Waals surface area contributed by atoms with E-state index in [1.165, 1.54) is 18.2 Å². The van der Waals surface area contributed by atoms with Gasteiger partial charge in [-0.25, -0.2) is 0 Å². The molecule has 0 fully saturated rings. The third kappa shape index (κ3) is 4.57. The first-order valence-corrected chi connectivity index (χ1v) is 6.71. The number of amides is 1. The van der Waals surface area contributed by atoms with Crippen molar-refractivity contribution in [2.45, 2.75) is 12.8 Å². The summed E-state index contributed by atoms with van der Waals surface area (Å²) >= 11 is 5.87. The topological polar surface area (TPSA) is 72.2 Å². The molecule has 0 heterocycles. The van der Waals surface area contributed by atoms with Gasteiger partial charge in [0.1, 0.15) is 0 Å². The summed E-state index contributed by atoms with van der Waals surface area (Å²) in [6.07, 6.45) is 0.838. The molecule has 1 amide bonds.